The van der Waals surface area contributed by atoms with E-state index in [4.69, 9.17) is 4.74 Å². The Labute approximate surface area is 106 Å². The summed E-state index contributed by atoms with van der Waals surface area (Å²) in [6, 6.07) is 1.31. The molecule has 3 N–H and O–H groups in total. The molecule has 1 amide bonds. The molecule has 0 fully saturated rings. The maximum absolute atomic E-state index is 11.7. The van der Waals surface area contributed by atoms with Gasteiger partial charge in [-0.3, -0.25) is 9.78 Å². The third kappa shape index (κ3) is 4.68. The predicted molar refractivity (Wildman–Crippen MR) is 65.4 cm³/mol. The van der Waals surface area contributed by atoms with Gasteiger partial charge in [0.2, 0.25) is 0 Å². The van der Waals surface area contributed by atoms with Crippen LogP contribution >= 0.6 is 0 Å². The Morgan fingerprint density at radius 2 is 2.28 bits per heavy atom. The van der Waals surface area contributed by atoms with E-state index < -0.39 is 11.5 Å². The number of nitrogens with zero attached hydrogens (tertiary/aromatic N) is 1. The summed E-state index contributed by atoms with van der Waals surface area (Å²) in [5, 5.41) is 21.7. The zero-order chi connectivity index (χ0) is 13.6. The molecule has 0 spiro atoms. The van der Waals surface area contributed by atoms with Gasteiger partial charge in [0.15, 0.2) is 0 Å². The van der Waals surface area contributed by atoms with E-state index in [1.807, 2.05) is 0 Å². The molecule has 100 valence electrons. The molecule has 0 bridgehead atoms. The highest BCUT2D eigenvalue weighted by molar-refractivity contribution is 5.94. The Morgan fingerprint density at radius 3 is 2.89 bits per heavy atom. The molecule has 1 heterocycles. The number of amides is 1. The fourth-order valence-electron chi connectivity index (χ4n) is 1.34. The van der Waals surface area contributed by atoms with Crippen LogP contribution in [0.5, 0.6) is 5.75 Å². The first kappa shape index (κ1) is 14.4. The van der Waals surface area contributed by atoms with Crippen molar-refractivity contribution in [3.05, 3.63) is 24.0 Å². The number of nitrogens with one attached hydrogen (secondary N) is 1. The fourth-order valence-corrected chi connectivity index (χ4v) is 1.34. The number of ether oxygens (including phenoxy) is 1. The summed E-state index contributed by atoms with van der Waals surface area (Å²) < 4.78 is 4.87. The molecule has 0 saturated heterocycles. The molecular formula is C12H18N2O4. The van der Waals surface area contributed by atoms with Crippen LogP contribution in [0.1, 0.15) is 23.7 Å². The second-order valence-corrected chi connectivity index (χ2v) is 4.35. The fraction of sp³-hybridized carbons (Fsp3) is 0.500. The highest BCUT2D eigenvalue weighted by atomic mass is 16.5. The average Bonchev–Trinajstić information content (AvgIpc) is 2.34. The van der Waals surface area contributed by atoms with Crippen molar-refractivity contribution >= 4 is 5.91 Å². The van der Waals surface area contributed by atoms with Crippen molar-refractivity contribution < 1.29 is 19.7 Å². The number of aromatic hydroxyl groups is 1. The summed E-state index contributed by atoms with van der Waals surface area (Å²) in [5.74, 6) is -0.468. The Balaban J connectivity index is 2.50. The minimum atomic E-state index is -1.03. The third-order valence-corrected chi connectivity index (χ3v) is 2.46. The van der Waals surface area contributed by atoms with Crippen LogP contribution in [-0.2, 0) is 4.74 Å². The predicted octanol–water partition coefficient (Wildman–Crippen LogP) is 0.304. The molecule has 6 nitrogen and oxygen atoms in total. The quantitative estimate of drug-likeness (QED) is 0.679. The molecule has 0 aromatic carbocycles. The van der Waals surface area contributed by atoms with Gasteiger partial charge in [-0.05, 0) is 13.0 Å². The van der Waals surface area contributed by atoms with Gasteiger partial charge in [-0.25, -0.2) is 0 Å². The lowest BCUT2D eigenvalue weighted by atomic mass is 10.0. The lowest BCUT2D eigenvalue weighted by Crippen LogP contribution is -2.41. The van der Waals surface area contributed by atoms with Crippen molar-refractivity contribution in [3.8, 4) is 5.75 Å². The van der Waals surface area contributed by atoms with Crippen LogP contribution in [0.15, 0.2) is 18.5 Å². The van der Waals surface area contributed by atoms with E-state index in [9.17, 15) is 15.0 Å². The standard InChI is InChI=1S/C12H18N2O4/c1-12(17,3-4-18-2)8-14-11(16)9-5-10(15)7-13-6-9/h5-7,15,17H,3-4,8H2,1-2H3,(H,14,16). The topological polar surface area (TPSA) is 91.7 Å². The Bertz CT molecular complexity index is 407. The van der Waals surface area contributed by atoms with Crippen LogP contribution in [0.25, 0.3) is 0 Å². The van der Waals surface area contributed by atoms with Gasteiger partial charge in [0.1, 0.15) is 5.75 Å². The van der Waals surface area contributed by atoms with Crippen molar-refractivity contribution in [1.82, 2.24) is 10.3 Å². The largest absolute Gasteiger partial charge is 0.506 e. The second-order valence-electron chi connectivity index (χ2n) is 4.35. The van der Waals surface area contributed by atoms with Gasteiger partial charge in [-0.1, -0.05) is 0 Å². The first-order chi connectivity index (χ1) is 8.44. The molecule has 18 heavy (non-hydrogen) atoms. The van der Waals surface area contributed by atoms with Crippen molar-refractivity contribution in [2.45, 2.75) is 18.9 Å². The monoisotopic (exact) mass is 254 g/mol. The number of carbonyl (C=O) groups excluding carboxylic acids is 1. The van der Waals surface area contributed by atoms with Crippen LogP contribution in [0, 0.1) is 0 Å². The van der Waals surface area contributed by atoms with Gasteiger partial charge in [0.05, 0.1) is 17.4 Å². The molecule has 0 aliphatic heterocycles. The molecule has 6 heteroatoms. The smallest absolute Gasteiger partial charge is 0.253 e. The van der Waals surface area contributed by atoms with E-state index in [-0.39, 0.29) is 17.9 Å². The molecular weight excluding hydrogens is 236 g/mol. The van der Waals surface area contributed by atoms with E-state index in [0.29, 0.717) is 13.0 Å². The minimum absolute atomic E-state index is 0.0752. The van der Waals surface area contributed by atoms with Crippen molar-refractivity contribution in [2.24, 2.45) is 0 Å². The third-order valence-electron chi connectivity index (χ3n) is 2.46. The number of aliphatic hydroxyl groups is 1. The lowest BCUT2D eigenvalue weighted by molar-refractivity contribution is 0.0243. The Kier molecular flexibility index (Phi) is 5.06. The SMILES string of the molecule is COCCC(C)(O)CNC(=O)c1cncc(O)c1. The summed E-state index contributed by atoms with van der Waals surface area (Å²) in [7, 11) is 1.55. The number of pyridine rings is 1. The number of methoxy groups -OCH3 is 1. The van der Waals surface area contributed by atoms with Gasteiger partial charge in [-0.15, -0.1) is 0 Å². The highest BCUT2D eigenvalue weighted by Gasteiger charge is 2.21. The maximum Gasteiger partial charge on any atom is 0.253 e. The van der Waals surface area contributed by atoms with Gasteiger partial charge in [0.25, 0.3) is 5.91 Å². The highest BCUT2D eigenvalue weighted by Crippen LogP contribution is 2.10. The van der Waals surface area contributed by atoms with Gasteiger partial charge in [0, 0.05) is 32.9 Å². The van der Waals surface area contributed by atoms with Crippen LogP contribution in [-0.4, -0.2) is 47.0 Å². The zero-order valence-electron chi connectivity index (χ0n) is 10.5. The van der Waals surface area contributed by atoms with Crippen LogP contribution in [0.2, 0.25) is 0 Å². The Hall–Kier alpha value is -1.66. The first-order valence-corrected chi connectivity index (χ1v) is 5.58. The normalized spacial score (nSPS) is 13.9. The minimum Gasteiger partial charge on any atom is -0.506 e. The Morgan fingerprint density at radius 1 is 1.56 bits per heavy atom. The van der Waals surface area contributed by atoms with Crippen molar-refractivity contribution in [3.63, 3.8) is 0 Å². The molecule has 1 aromatic heterocycles. The number of carbonyl (C=O) groups is 1. The maximum atomic E-state index is 11.7. The molecule has 0 radical (unpaired) electrons. The summed E-state index contributed by atoms with van der Waals surface area (Å²) in [6.07, 6.45) is 3.01. The first-order valence-electron chi connectivity index (χ1n) is 5.58. The van der Waals surface area contributed by atoms with E-state index in [1.165, 1.54) is 18.5 Å². The number of hydrogen-bond donors (Lipinski definition) is 3. The average molecular weight is 254 g/mol. The van der Waals surface area contributed by atoms with Gasteiger partial charge in [-0.2, -0.15) is 0 Å². The van der Waals surface area contributed by atoms with E-state index in [0.717, 1.165) is 0 Å². The lowest BCUT2D eigenvalue weighted by Gasteiger charge is -2.23. The molecule has 1 atom stereocenters. The van der Waals surface area contributed by atoms with Crippen molar-refractivity contribution in [1.29, 1.82) is 0 Å². The van der Waals surface area contributed by atoms with Gasteiger partial charge >= 0.3 is 0 Å². The second kappa shape index (κ2) is 6.32. The molecule has 1 unspecified atom stereocenters. The number of hydrogen-bond acceptors (Lipinski definition) is 5. The summed E-state index contributed by atoms with van der Waals surface area (Å²) in [6.45, 7) is 2.13. The summed E-state index contributed by atoms with van der Waals surface area (Å²) >= 11 is 0. The molecule has 0 aliphatic rings. The van der Waals surface area contributed by atoms with Crippen LogP contribution in [0.3, 0.4) is 0 Å². The molecule has 0 saturated carbocycles. The van der Waals surface area contributed by atoms with E-state index >= 15 is 0 Å². The zero-order valence-corrected chi connectivity index (χ0v) is 10.5. The van der Waals surface area contributed by atoms with Crippen LogP contribution < -0.4 is 5.32 Å². The van der Waals surface area contributed by atoms with Crippen LogP contribution in [0.4, 0.5) is 0 Å². The molecule has 1 rings (SSSR count). The van der Waals surface area contributed by atoms with E-state index in [1.54, 1.807) is 14.0 Å². The van der Waals surface area contributed by atoms with Gasteiger partial charge < -0.3 is 20.3 Å². The molecule has 1 aromatic rings. The summed E-state index contributed by atoms with van der Waals surface area (Å²) in [4.78, 5) is 15.4. The van der Waals surface area contributed by atoms with Crippen molar-refractivity contribution in [2.75, 3.05) is 20.3 Å². The number of aromatic nitrogens is 1. The van der Waals surface area contributed by atoms with E-state index in [2.05, 4.69) is 10.3 Å². The number of rotatable bonds is 6. The summed E-state index contributed by atoms with van der Waals surface area (Å²) in [5.41, 5.74) is -0.784. The molecule has 0 aliphatic carbocycles.